The third kappa shape index (κ3) is 1.99. The normalized spacial score (nSPS) is 20.1. The van der Waals surface area contributed by atoms with Crippen molar-refractivity contribution in [2.75, 3.05) is 14.2 Å². The Bertz CT molecular complexity index is 607. The fourth-order valence-corrected chi connectivity index (χ4v) is 2.74. The lowest BCUT2D eigenvalue weighted by Crippen LogP contribution is -2.06. The Labute approximate surface area is 119 Å². The molecule has 0 amide bonds. The van der Waals surface area contributed by atoms with E-state index in [2.05, 4.69) is 19.1 Å². The molecule has 2 aromatic rings. The Morgan fingerprint density at radius 3 is 2.25 bits per heavy atom. The summed E-state index contributed by atoms with van der Waals surface area (Å²) in [7, 11) is 3.29. The van der Waals surface area contributed by atoms with Crippen molar-refractivity contribution in [1.29, 1.82) is 0 Å². The van der Waals surface area contributed by atoms with E-state index in [9.17, 15) is 0 Å². The first kappa shape index (κ1) is 12.9. The van der Waals surface area contributed by atoms with Gasteiger partial charge in [-0.15, -0.1) is 0 Å². The molecule has 2 aromatic carbocycles. The molecular formula is C17H18O3. The van der Waals surface area contributed by atoms with Crippen LogP contribution in [0.1, 0.15) is 30.1 Å². The smallest absolute Gasteiger partial charge is 0.164 e. The van der Waals surface area contributed by atoms with E-state index in [1.54, 1.807) is 14.2 Å². The Kier molecular flexibility index (Phi) is 3.26. The minimum absolute atomic E-state index is 0.0445. The molecule has 20 heavy (non-hydrogen) atoms. The minimum Gasteiger partial charge on any atom is -0.493 e. The second-order valence-corrected chi connectivity index (χ2v) is 4.98. The molecule has 0 N–H and O–H groups in total. The van der Waals surface area contributed by atoms with Crippen LogP contribution in [-0.4, -0.2) is 14.2 Å². The zero-order chi connectivity index (χ0) is 14.1. The van der Waals surface area contributed by atoms with Crippen molar-refractivity contribution in [3.63, 3.8) is 0 Å². The molecule has 1 aliphatic rings. The zero-order valence-corrected chi connectivity index (χ0v) is 11.9. The van der Waals surface area contributed by atoms with Gasteiger partial charge in [-0.3, -0.25) is 0 Å². The van der Waals surface area contributed by atoms with Gasteiger partial charge in [-0.05, 0) is 11.6 Å². The highest BCUT2D eigenvalue weighted by Crippen LogP contribution is 2.49. The van der Waals surface area contributed by atoms with Gasteiger partial charge in [-0.25, -0.2) is 0 Å². The lowest BCUT2D eigenvalue weighted by Gasteiger charge is -2.15. The summed E-state index contributed by atoms with van der Waals surface area (Å²) in [4.78, 5) is 0. The molecule has 3 nitrogen and oxygen atoms in total. The Hall–Kier alpha value is -2.16. The van der Waals surface area contributed by atoms with E-state index < -0.39 is 0 Å². The second-order valence-electron chi connectivity index (χ2n) is 4.98. The summed E-state index contributed by atoms with van der Waals surface area (Å²) in [5.74, 6) is 2.61. The molecule has 1 aliphatic heterocycles. The van der Waals surface area contributed by atoms with Gasteiger partial charge in [0.15, 0.2) is 11.5 Å². The standard InChI is InChI=1S/C17H18O3/c1-11-13-9-15(18-2)16(19-3)10-14(13)20-17(11)12-7-5-4-6-8-12/h4-11,17H,1-3H3/t11-,17-/m1/s1. The van der Waals surface area contributed by atoms with Crippen LogP contribution < -0.4 is 14.2 Å². The van der Waals surface area contributed by atoms with E-state index >= 15 is 0 Å². The SMILES string of the molecule is COc1cc2c(cc1OC)[C@@H](C)[C@H](c1ccccc1)O2. The number of hydrogen-bond acceptors (Lipinski definition) is 3. The van der Waals surface area contributed by atoms with Crippen molar-refractivity contribution in [1.82, 2.24) is 0 Å². The van der Waals surface area contributed by atoms with Gasteiger partial charge in [0, 0.05) is 17.5 Å². The molecule has 0 saturated heterocycles. The van der Waals surface area contributed by atoms with Gasteiger partial charge in [0.1, 0.15) is 11.9 Å². The molecule has 0 bridgehead atoms. The van der Waals surface area contributed by atoms with E-state index in [-0.39, 0.29) is 12.0 Å². The Morgan fingerprint density at radius 1 is 0.950 bits per heavy atom. The maximum absolute atomic E-state index is 6.11. The van der Waals surface area contributed by atoms with Gasteiger partial charge in [0.2, 0.25) is 0 Å². The summed E-state index contributed by atoms with van der Waals surface area (Å²) >= 11 is 0. The maximum atomic E-state index is 6.11. The quantitative estimate of drug-likeness (QED) is 0.845. The van der Waals surface area contributed by atoms with Crippen LogP contribution in [0.3, 0.4) is 0 Å². The number of ether oxygens (including phenoxy) is 3. The summed E-state index contributed by atoms with van der Waals surface area (Å²) in [6.07, 6.45) is 0.0445. The first-order valence-corrected chi connectivity index (χ1v) is 6.72. The average Bonchev–Trinajstić information content (AvgIpc) is 2.83. The molecule has 0 spiro atoms. The Balaban J connectivity index is 2.00. The molecule has 2 atom stereocenters. The maximum Gasteiger partial charge on any atom is 0.164 e. The van der Waals surface area contributed by atoms with Gasteiger partial charge in [-0.1, -0.05) is 37.3 Å². The molecule has 0 aliphatic carbocycles. The largest absolute Gasteiger partial charge is 0.493 e. The van der Waals surface area contributed by atoms with Gasteiger partial charge >= 0.3 is 0 Å². The van der Waals surface area contributed by atoms with Crippen LogP contribution in [0.5, 0.6) is 17.2 Å². The van der Waals surface area contributed by atoms with Crippen molar-refractivity contribution >= 4 is 0 Å². The van der Waals surface area contributed by atoms with Crippen LogP contribution in [0, 0.1) is 0 Å². The summed E-state index contributed by atoms with van der Waals surface area (Å²) in [5, 5.41) is 0. The molecule has 3 heteroatoms. The zero-order valence-electron chi connectivity index (χ0n) is 11.9. The van der Waals surface area contributed by atoms with E-state index in [0.29, 0.717) is 5.75 Å². The number of hydrogen-bond donors (Lipinski definition) is 0. The van der Waals surface area contributed by atoms with Crippen LogP contribution in [0.2, 0.25) is 0 Å². The molecule has 0 aromatic heterocycles. The van der Waals surface area contributed by atoms with Crippen LogP contribution in [-0.2, 0) is 0 Å². The van der Waals surface area contributed by atoms with E-state index in [1.807, 2.05) is 30.3 Å². The third-order valence-corrected chi connectivity index (χ3v) is 3.84. The first-order valence-electron chi connectivity index (χ1n) is 6.72. The molecule has 104 valence electrons. The van der Waals surface area contributed by atoms with E-state index in [4.69, 9.17) is 14.2 Å². The number of benzene rings is 2. The highest BCUT2D eigenvalue weighted by atomic mass is 16.5. The Morgan fingerprint density at radius 2 is 1.60 bits per heavy atom. The molecular weight excluding hydrogens is 252 g/mol. The van der Waals surface area contributed by atoms with Crippen LogP contribution in [0.25, 0.3) is 0 Å². The average molecular weight is 270 g/mol. The van der Waals surface area contributed by atoms with Gasteiger partial charge in [-0.2, -0.15) is 0 Å². The molecule has 0 fully saturated rings. The lowest BCUT2D eigenvalue weighted by atomic mass is 9.93. The monoisotopic (exact) mass is 270 g/mol. The fourth-order valence-electron chi connectivity index (χ4n) is 2.74. The predicted octanol–water partition coefficient (Wildman–Crippen LogP) is 3.94. The van der Waals surface area contributed by atoms with Crippen molar-refractivity contribution in [3.8, 4) is 17.2 Å². The van der Waals surface area contributed by atoms with Crippen LogP contribution >= 0.6 is 0 Å². The summed E-state index contributed by atoms with van der Waals surface area (Å²) in [5.41, 5.74) is 2.35. The molecule has 3 rings (SSSR count). The fraction of sp³-hybridized carbons (Fsp3) is 0.294. The van der Waals surface area contributed by atoms with Gasteiger partial charge in [0.05, 0.1) is 14.2 Å². The number of fused-ring (bicyclic) bond motifs is 1. The van der Waals surface area contributed by atoms with Gasteiger partial charge in [0.25, 0.3) is 0 Å². The molecule has 1 heterocycles. The lowest BCUT2D eigenvalue weighted by molar-refractivity contribution is 0.215. The summed E-state index contributed by atoms with van der Waals surface area (Å²) < 4.78 is 16.8. The first-order chi connectivity index (χ1) is 9.74. The van der Waals surface area contributed by atoms with Crippen molar-refractivity contribution < 1.29 is 14.2 Å². The van der Waals surface area contributed by atoms with Crippen molar-refractivity contribution in [2.45, 2.75) is 18.9 Å². The number of methoxy groups -OCH3 is 2. The van der Waals surface area contributed by atoms with E-state index in [1.165, 1.54) is 5.56 Å². The third-order valence-electron chi connectivity index (χ3n) is 3.84. The molecule has 0 radical (unpaired) electrons. The predicted molar refractivity (Wildman–Crippen MR) is 77.8 cm³/mol. The van der Waals surface area contributed by atoms with Crippen LogP contribution in [0.4, 0.5) is 0 Å². The van der Waals surface area contributed by atoms with Crippen molar-refractivity contribution in [3.05, 3.63) is 53.6 Å². The van der Waals surface area contributed by atoms with Crippen molar-refractivity contribution in [2.24, 2.45) is 0 Å². The minimum atomic E-state index is 0.0445. The summed E-state index contributed by atoms with van der Waals surface area (Å²) in [6, 6.07) is 14.2. The number of rotatable bonds is 3. The highest BCUT2D eigenvalue weighted by Gasteiger charge is 2.33. The summed E-state index contributed by atoms with van der Waals surface area (Å²) in [6.45, 7) is 2.18. The topological polar surface area (TPSA) is 27.7 Å². The molecule has 0 saturated carbocycles. The second kappa shape index (κ2) is 5.08. The van der Waals surface area contributed by atoms with E-state index in [0.717, 1.165) is 17.1 Å². The van der Waals surface area contributed by atoms with Crippen LogP contribution in [0.15, 0.2) is 42.5 Å². The van der Waals surface area contributed by atoms with Gasteiger partial charge < -0.3 is 14.2 Å². The highest BCUT2D eigenvalue weighted by molar-refractivity contribution is 5.54. The molecule has 0 unspecified atom stereocenters.